The lowest BCUT2D eigenvalue weighted by atomic mass is 10.2. The molecule has 0 saturated carbocycles. The summed E-state index contributed by atoms with van der Waals surface area (Å²) < 4.78 is 29.3. The predicted molar refractivity (Wildman–Crippen MR) is 139 cm³/mol. The lowest BCUT2D eigenvalue weighted by Crippen LogP contribution is -2.39. The van der Waals surface area contributed by atoms with E-state index in [0.717, 1.165) is 24.5 Å². The number of carbonyl (C=O) groups excluding carboxylic acids is 1. The third kappa shape index (κ3) is 6.43. The van der Waals surface area contributed by atoms with Crippen molar-refractivity contribution in [2.24, 2.45) is 5.10 Å². The molecule has 172 valence electrons. The molecule has 0 unspecified atom stereocenters. The predicted octanol–water partition coefficient (Wildman–Crippen LogP) is 4.62. The van der Waals surface area contributed by atoms with Crippen LogP contribution in [0.25, 0.3) is 0 Å². The summed E-state index contributed by atoms with van der Waals surface area (Å²) in [7, 11) is -0.0848. The van der Waals surface area contributed by atoms with Crippen LogP contribution in [0.4, 0.5) is 11.4 Å². The number of carbonyl (C=O) groups is 1. The molecule has 0 heterocycles. The van der Waals surface area contributed by atoms with Gasteiger partial charge in [-0.3, -0.25) is 9.10 Å². The Labute approximate surface area is 210 Å². The Hall–Kier alpha value is -2.69. The summed E-state index contributed by atoms with van der Waals surface area (Å²) in [6.07, 6.45) is 1.50. The minimum atomic E-state index is -3.96. The first kappa shape index (κ1) is 24.9. The molecular formula is C23H22Br2N4O3S. The van der Waals surface area contributed by atoms with Crippen molar-refractivity contribution < 1.29 is 13.2 Å². The van der Waals surface area contributed by atoms with Gasteiger partial charge in [0.25, 0.3) is 15.9 Å². The molecule has 0 radical (unpaired) electrons. The Morgan fingerprint density at radius 2 is 1.67 bits per heavy atom. The Bertz CT molecular complexity index is 1250. The lowest BCUT2D eigenvalue weighted by Gasteiger charge is -2.23. The van der Waals surface area contributed by atoms with E-state index in [4.69, 9.17) is 0 Å². The molecule has 0 spiro atoms. The highest BCUT2D eigenvalue weighted by molar-refractivity contribution is 9.10. The van der Waals surface area contributed by atoms with Gasteiger partial charge in [-0.1, -0.05) is 40.2 Å². The van der Waals surface area contributed by atoms with Crippen LogP contribution in [0.15, 0.2) is 91.7 Å². The molecule has 0 fully saturated rings. The number of nitrogens with zero attached hydrogens (tertiary/aromatic N) is 3. The van der Waals surface area contributed by atoms with Crippen molar-refractivity contribution >= 4 is 65.4 Å². The molecule has 3 aromatic rings. The van der Waals surface area contributed by atoms with Gasteiger partial charge in [0, 0.05) is 23.0 Å². The normalized spacial score (nSPS) is 11.4. The van der Waals surface area contributed by atoms with Crippen LogP contribution in [0, 0.1) is 0 Å². The molecule has 3 rings (SSSR count). The quantitative estimate of drug-likeness (QED) is 0.305. The number of amides is 1. The standard InChI is InChI=1S/C23H22Br2N4O3S/c1-28(2)22-13-8-17(14-21(22)25)15-26-27-23(30)16-29(19-11-9-18(24)10-12-19)33(31,32)20-6-4-3-5-7-20/h3-15H,16H2,1-2H3,(H,27,30)/b26-15+. The molecule has 0 bridgehead atoms. The summed E-state index contributed by atoms with van der Waals surface area (Å²) in [5.41, 5.74) is 4.56. The largest absolute Gasteiger partial charge is 0.377 e. The number of benzene rings is 3. The van der Waals surface area contributed by atoms with Crippen molar-refractivity contribution in [1.29, 1.82) is 0 Å². The summed E-state index contributed by atoms with van der Waals surface area (Å²) in [5, 5.41) is 3.98. The number of hydrazone groups is 1. The van der Waals surface area contributed by atoms with Crippen LogP contribution >= 0.6 is 31.9 Å². The minimum Gasteiger partial charge on any atom is -0.377 e. The van der Waals surface area contributed by atoms with Crippen LogP contribution in [-0.4, -0.2) is 41.2 Å². The Morgan fingerprint density at radius 3 is 2.27 bits per heavy atom. The number of hydrogen-bond donors (Lipinski definition) is 1. The summed E-state index contributed by atoms with van der Waals surface area (Å²) in [6.45, 7) is -0.431. The molecule has 1 amide bonds. The summed E-state index contributed by atoms with van der Waals surface area (Å²) >= 11 is 6.85. The van der Waals surface area contributed by atoms with E-state index in [2.05, 4.69) is 42.4 Å². The topological polar surface area (TPSA) is 82.1 Å². The third-order valence-corrected chi connectivity index (χ3v) is 7.54. The second kappa shape index (κ2) is 11.0. The van der Waals surface area contributed by atoms with E-state index in [1.807, 2.05) is 37.2 Å². The van der Waals surface area contributed by atoms with Crippen molar-refractivity contribution in [2.75, 3.05) is 29.8 Å². The van der Waals surface area contributed by atoms with Crippen LogP contribution in [0.1, 0.15) is 5.56 Å². The maximum atomic E-state index is 13.3. The van der Waals surface area contributed by atoms with Crippen LogP contribution in [0.2, 0.25) is 0 Å². The summed E-state index contributed by atoms with van der Waals surface area (Å²) in [6, 6.07) is 20.3. The van der Waals surface area contributed by atoms with E-state index in [9.17, 15) is 13.2 Å². The maximum Gasteiger partial charge on any atom is 0.264 e. The molecule has 0 aliphatic rings. The van der Waals surface area contributed by atoms with Crippen molar-refractivity contribution in [3.8, 4) is 0 Å². The highest BCUT2D eigenvalue weighted by Crippen LogP contribution is 2.26. The molecule has 0 aliphatic carbocycles. The van der Waals surface area contributed by atoms with E-state index in [1.54, 1.807) is 42.5 Å². The lowest BCUT2D eigenvalue weighted by molar-refractivity contribution is -0.119. The van der Waals surface area contributed by atoms with E-state index in [-0.39, 0.29) is 4.90 Å². The van der Waals surface area contributed by atoms with Gasteiger partial charge in [-0.2, -0.15) is 5.10 Å². The van der Waals surface area contributed by atoms with Gasteiger partial charge in [0.05, 0.1) is 22.5 Å². The minimum absolute atomic E-state index is 0.0926. The smallest absolute Gasteiger partial charge is 0.264 e. The van der Waals surface area contributed by atoms with E-state index in [1.165, 1.54) is 18.3 Å². The molecule has 3 aromatic carbocycles. The highest BCUT2D eigenvalue weighted by Gasteiger charge is 2.27. The second-order valence-electron chi connectivity index (χ2n) is 7.20. The van der Waals surface area contributed by atoms with Gasteiger partial charge in [-0.25, -0.2) is 13.8 Å². The number of hydrogen-bond acceptors (Lipinski definition) is 5. The average Bonchev–Trinajstić information content (AvgIpc) is 2.78. The Morgan fingerprint density at radius 1 is 1.00 bits per heavy atom. The molecule has 0 atom stereocenters. The number of nitrogens with one attached hydrogen (secondary N) is 1. The second-order valence-corrected chi connectivity index (χ2v) is 10.8. The first-order chi connectivity index (χ1) is 15.7. The van der Waals surface area contributed by atoms with Crippen LogP contribution < -0.4 is 14.6 Å². The van der Waals surface area contributed by atoms with E-state index in [0.29, 0.717) is 5.69 Å². The molecule has 10 heteroatoms. The van der Waals surface area contributed by atoms with Crippen LogP contribution in [0.5, 0.6) is 0 Å². The Balaban J connectivity index is 1.79. The third-order valence-electron chi connectivity index (χ3n) is 4.59. The molecule has 0 aromatic heterocycles. The highest BCUT2D eigenvalue weighted by atomic mass is 79.9. The number of sulfonamides is 1. The maximum absolute atomic E-state index is 13.3. The van der Waals surface area contributed by atoms with Crippen molar-refractivity contribution in [3.63, 3.8) is 0 Å². The monoisotopic (exact) mass is 592 g/mol. The molecule has 0 aliphatic heterocycles. The van der Waals surface area contributed by atoms with Gasteiger partial charge < -0.3 is 4.90 Å². The molecule has 0 saturated heterocycles. The van der Waals surface area contributed by atoms with Crippen molar-refractivity contribution in [1.82, 2.24) is 5.43 Å². The van der Waals surface area contributed by atoms with Crippen LogP contribution in [0.3, 0.4) is 0 Å². The van der Waals surface area contributed by atoms with Crippen molar-refractivity contribution in [2.45, 2.75) is 4.90 Å². The van der Waals surface area contributed by atoms with Gasteiger partial charge in [0.15, 0.2) is 0 Å². The number of rotatable bonds is 8. The zero-order valence-electron chi connectivity index (χ0n) is 17.9. The number of halogens is 2. The van der Waals surface area contributed by atoms with Gasteiger partial charge in [-0.05, 0) is 70.0 Å². The summed E-state index contributed by atoms with van der Waals surface area (Å²) in [4.78, 5) is 14.7. The molecule has 1 N–H and O–H groups in total. The Kier molecular flexibility index (Phi) is 8.28. The first-order valence-corrected chi connectivity index (χ1v) is 12.8. The van der Waals surface area contributed by atoms with Gasteiger partial charge in [-0.15, -0.1) is 0 Å². The first-order valence-electron chi connectivity index (χ1n) is 9.80. The molecular weight excluding hydrogens is 572 g/mol. The van der Waals surface area contributed by atoms with E-state index < -0.39 is 22.5 Å². The zero-order chi connectivity index (χ0) is 24.0. The fraction of sp³-hybridized carbons (Fsp3) is 0.130. The van der Waals surface area contributed by atoms with Gasteiger partial charge in [0.1, 0.15) is 6.54 Å². The van der Waals surface area contributed by atoms with E-state index >= 15 is 0 Å². The zero-order valence-corrected chi connectivity index (χ0v) is 21.9. The van der Waals surface area contributed by atoms with Gasteiger partial charge in [0.2, 0.25) is 0 Å². The summed E-state index contributed by atoms with van der Waals surface area (Å²) in [5.74, 6) is -0.572. The average molecular weight is 594 g/mol. The van der Waals surface area contributed by atoms with Crippen molar-refractivity contribution in [3.05, 3.63) is 87.3 Å². The fourth-order valence-electron chi connectivity index (χ4n) is 2.95. The SMILES string of the molecule is CN(C)c1ccc(/C=N/NC(=O)CN(c2ccc(Br)cc2)S(=O)(=O)c2ccccc2)cc1Br. The van der Waals surface area contributed by atoms with Crippen LogP contribution in [-0.2, 0) is 14.8 Å². The molecule has 33 heavy (non-hydrogen) atoms. The fourth-order valence-corrected chi connectivity index (χ4v) is 5.41. The number of anilines is 2. The van der Waals surface area contributed by atoms with Gasteiger partial charge >= 0.3 is 0 Å². The molecule has 7 nitrogen and oxygen atoms in total.